The Hall–Kier alpha value is -3.82. The molecule has 0 spiro atoms. The van der Waals surface area contributed by atoms with Gasteiger partial charge in [-0.3, -0.25) is 0 Å². The lowest BCUT2D eigenvalue weighted by Gasteiger charge is -2.46. The molecule has 4 aromatic rings. The van der Waals surface area contributed by atoms with Crippen LogP contribution < -0.4 is 9.47 Å². The molecule has 4 heterocycles. The molecule has 4 aromatic heterocycles. The van der Waals surface area contributed by atoms with Gasteiger partial charge in [0.1, 0.15) is 17.4 Å². The number of carbonyl (C=O) groups is 1. The van der Waals surface area contributed by atoms with Gasteiger partial charge in [-0.2, -0.15) is 0 Å². The van der Waals surface area contributed by atoms with Gasteiger partial charge in [0.15, 0.2) is 11.4 Å². The van der Waals surface area contributed by atoms with Gasteiger partial charge in [-0.15, -0.1) is 5.10 Å². The van der Waals surface area contributed by atoms with E-state index in [-0.39, 0.29) is 12.1 Å². The maximum atomic E-state index is 11.7. The molecule has 1 aliphatic carbocycles. The van der Waals surface area contributed by atoms with Crippen LogP contribution in [0.15, 0.2) is 41.1 Å². The highest BCUT2D eigenvalue weighted by atomic mass is 16.5. The molecule has 34 heavy (non-hydrogen) atoms. The first-order valence-electron chi connectivity index (χ1n) is 11.3. The summed E-state index contributed by atoms with van der Waals surface area (Å²) in [5, 5.41) is 15.0. The highest BCUT2D eigenvalue weighted by Gasteiger charge is 2.42. The molecular formula is C24H27N5O5. The molecule has 0 unspecified atom stereocenters. The standard InChI is InChI=1S/C24H27N5O5/c1-5-32-22-16-12-19(34-18(16)8-9-25-22)17-13-26-20-6-7-21(27-29(17)20)33-15-10-14(11-15)28(23(30)31)24(2,3)4/h6-9,12-15H,5,10-11H2,1-4H3,(H,30,31). The smallest absolute Gasteiger partial charge is 0.407 e. The molecule has 1 fully saturated rings. The molecule has 178 valence electrons. The lowest BCUT2D eigenvalue weighted by molar-refractivity contribution is -0.0152. The van der Waals surface area contributed by atoms with E-state index in [0.717, 1.165) is 5.39 Å². The number of pyridine rings is 1. The first-order chi connectivity index (χ1) is 16.2. The minimum absolute atomic E-state index is 0.0706. The van der Waals surface area contributed by atoms with Gasteiger partial charge >= 0.3 is 6.09 Å². The first kappa shape index (κ1) is 22.0. The van der Waals surface area contributed by atoms with Crippen LogP contribution in [0.3, 0.4) is 0 Å². The van der Waals surface area contributed by atoms with Crippen molar-refractivity contribution in [2.75, 3.05) is 6.61 Å². The van der Waals surface area contributed by atoms with Crippen LogP contribution in [0.1, 0.15) is 40.5 Å². The summed E-state index contributed by atoms with van der Waals surface area (Å²) in [4.78, 5) is 21.9. The minimum atomic E-state index is -0.910. The van der Waals surface area contributed by atoms with E-state index in [4.69, 9.17) is 13.9 Å². The van der Waals surface area contributed by atoms with Crippen LogP contribution in [0.2, 0.25) is 0 Å². The van der Waals surface area contributed by atoms with Gasteiger partial charge in [-0.25, -0.2) is 19.3 Å². The number of nitrogens with zero attached hydrogens (tertiary/aromatic N) is 5. The average Bonchev–Trinajstić information content (AvgIpc) is 3.35. The molecule has 1 N–H and O–H groups in total. The Bertz CT molecular complexity index is 1350. The Morgan fingerprint density at radius 3 is 2.76 bits per heavy atom. The van der Waals surface area contributed by atoms with Gasteiger partial charge in [0, 0.05) is 42.8 Å². The summed E-state index contributed by atoms with van der Waals surface area (Å²) in [5.74, 6) is 1.55. The molecule has 1 amide bonds. The fourth-order valence-electron chi connectivity index (χ4n) is 4.41. The van der Waals surface area contributed by atoms with Crippen molar-refractivity contribution in [2.24, 2.45) is 0 Å². The van der Waals surface area contributed by atoms with Crippen molar-refractivity contribution in [3.8, 4) is 23.2 Å². The summed E-state index contributed by atoms with van der Waals surface area (Å²) < 4.78 is 19.4. The minimum Gasteiger partial charge on any atom is -0.477 e. The van der Waals surface area contributed by atoms with E-state index in [1.807, 2.05) is 39.8 Å². The second-order valence-corrected chi connectivity index (χ2v) is 9.35. The summed E-state index contributed by atoms with van der Waals surface area (Å²) in [6.45, 7) is 8.11. The third kappa shape index (κ3) is 3.89. The zero-order valence-electron chi connectivity index (χ0n) is 19.6. The summed E-state index contributed by atoms with van der Waals surface area (Å²) in [6.07, 6.45) is 3.58. The SMILES string of the molecule is CCOc1nccc2oc(-c3cnc4ccc(OC5CC(N(C(=O)O)C(C)(C)C)C5)nn34)cc12. The van der Waals surface area contributed by atoms with E-state index >= 15 is 0 Å². The molecule has 0 aliphatic heterocycles. The van der Waals surface area contributed by atoms with Crippen LogP contribution in [0.4, 0.5) is 4.79 Å². The number of rotatable bonds is 6. The van der Waals surface area contributed by atoms with Gasteiger partial charge in [-0.1, -0.05) is 0 Å². The second-order valence-electron chi connectivity index (χ2n) is 9.35. The normalized spacial score (nSPS) is 18.1. The molecule has 1 aliphatic rings. The number of aromatic nitrogens is 4. The Morgan fingerprint density at radius 1 is 1.26 bits per heavy atom. The molecule has 0 saturated heterocycles. The molecule has 10 nitrogen and oxygen atoms in total. The van der Waals surface area contributed by atoms with Crippen LogP contribution in [0, 0.1) is 0 Å². The molecule has 0 atom stereocenters. The molecule has 0 bridgehead atoms. The third-order valence-electron chi connectivity index (χ3n) is 5.93. The van der Waals surface area contributed by atoms with Crippen LogP contribution in [-0.2, 0) is 0 Å². The van der Waals surface area contributed by atoms with E-state index in [1.54, 1.807) is 29.0 Å². The lowest BCUT2D eigenvalue weighted by atomic mass is 9.85. The molecule has 0 aromatic carbocycles. The van der Waals surface area contributed by atoms with Crippen LogP contribution >= 0.6 is 0 Å². The number of hydrogen-bond donors (Lipinski definition) is 1. The number of amides is 1. The maximum absolute atomic E-state index is 11.7. The lowest BCUT2D eigenvalue weighted by Crippen LogP contribution is -2.58. The second kappa shape index (κ2) is 8.19. The Kier molecular flexibility index (Phi) is 5.30. The van der Waals surface area contributed by atoms with Gasteiger partial charge in [0.05, 0.1) is 18.2 Å². The quantitative estimate of drug-likeness (QED) is 0.438. The molecule has 5 rings (SSSR count). The fourth-order valence-corrected chi connectivity index (χ4v) is 4.41. The van der Waals surface area contributed by atoms with Gasteiger partial charge in [-0.05, 0) is 39.8 Å². The van der Waals surface area contributed by atoms with Crippen molar-refractivity contribution in [1.82, 2.24) is 24.5 Å². The summed E-state index contributed by atoms with van der Waals surface area (Å²) in [7, 11) is 0. The van der Waals surface area contributed by atoms with Crippen LogP contribution in [0.5, 0.6) is 11.8 Å². The summed E-state index contributed by atoms with van der Waals surface area (Å²) in [5.41, 5.74) is 1.53. The highest BCUT2D eigenvalue weighted by molar-refractivity contribution is 5.86. The fraction of sp³-hybridized carbons (Fsp3) is 0.417. The monoisotopic (exact) mass is 465 g/mol. The number of hydrogen-bond acceptors (Lipinski definition) is 7. The van der Waals surface area contributed by atoms with E-state index in [9.17, 15) is 9.90 Å². The Balaban J connectivity index is 1.37. The van der Waals surface area contributed by atoms with E-state index in [0.29, 0.717) is 53.9 Å². The van der Waals surface area contributed by atoms with Crippen molar-refractivity contribution >= 4 is 22.7 Å². The Morgan fingerprint density at radius 2 is 2.06 bits per heavy atom. The first-order valence-corrected chi connectivity index (χ1v) is 11.3. The molecule has 10 heteroatoms. The number of furan rings is 1. The van der Waals surface area contributed by atoms with Crippen LogP contribution in [-0.4, -0.2) is 60.0 Å². The summed E-state index contributed by atoms with van der Waals surface area (Å²) >= 11 is 0. The van der Waals surface area contributed by atoms with Crippen molar-refractivity contribution in [3.05, 3.63) is 36.7 Å². The predicted molar refractivity (Wildman–Crippen MR) is 124 cm³/mol. The molecule has 1 saturated carbocycles. The number of imidazole rings is 1. The van der Waals surface area contributed by atoms with E-state index < -0.39 is 11.6 Å². The number of ether oxygens (including phenoxy) is 2. The van der Waals surface area contributed by atoms with Crippen molar-refractivity contribution in [1.29, 1.82) is 0 Å². The van der Waals surface area contributed by atoms with Crippen molar-refractivity contribution in [3.63, 3.8) is 0 Å². The van der Waals surface area contributed by atoms with Crippen molar-refractivity contribution < 1.29 is 23.8 Å². The van der Waals surface area contributed by atoms with Crippen molar-refractivity contribution in [2.45, 2.75) is 58.2 Å². The molecule has 0 radical (unpaired) electrons. The summed E-state index contributed by atoms with van der Waals surface area (Å²) in [6, 6.07) is 7.19. The Labute approximate surface area is 196 Å². The van der Waals surface area contributed by atoms with Gasteiger partial charge in [0.2, 0.25) is 11.8 Å². The van der Waals surface area contributed by atoms with Gasteiger partial charge in [0.25, 0.3) is 0 Å². The predicted octanol–water partition coefficient (Wildman–Crippen LogP) is 4.62. The highest BCUT2D eigenvalue weighted by Crippen LogP contribution is 2.35. The molecular weight excluding hydrogens is 438 g/mol. The third-order valence-corrected chi connectivity index (χ3v) is 5.93. The van der Waals surface area contributed by atoms with Gasteiger partial charge < -0.3 is 23.9 Å². The van der Waals surface area contributed by atoms with E-state index in [2.05, 4.69) is 15.1 Å². The topological polar surface area (TPSA) is 115 Å². The zero-order valence-corrected chi connectivity index (χ0v) is 19.6. The maximum Gasteiger partial charge on any atom is 0.407 e. The number of fused-ring (bicyclic) bond motifs is 2. The largest absolute Gasteiger partial charge is 0.477 e. The zero-order chi connectivity index (χ0) is 24.0. The van der Waals surface area contributed by atoms with Crippen LogP contribution in [0.25, 0.3) is 28.1 Å². The van der Waals surface area contributed by atoms with E-state index in [1.165, 1.54) is 4.90 Å². The average molecular weight is 466 g/mol. The number of carboxylic acid groups (broad SMARTS) is 1.